The first-order chi connectivity index (χ1) is 5.20. The van der Waals surface area contributed by atoms with Crippen molar-refractivity contribution in [3.8, 4) is 0 Å². The van der Waals surface area contributed by atoms with Gasteiger partial charge >= 0.3 is 79.9 Å². The molecule has 0 saturated carbocycles. The molecule has 14 heteroatoms. The zero-order valence-corrected chi connectivity index (χ0v) is 13.4. The summed E-state index contributed by atoms with van der Waals surface area (Å²) in [4.78, 5) is 51.1. The van der Waals surface area contributed by atoms with Gasteiger partial charge in [-0.2, -0.15) is 0 Å². The first-order valence-corrected chi connectivity index (χ1v) is 5.51. The molecule has 0 aliphatic heterocycles. The van der Waals surface area contributed by atoms with Crippen LogP contribution in [0.4, 0.5) is 0 Å². The number of hydrogen-bond acceptors (Lipinski definition) is 9. The van der Waals surface area contributed by atoms with E-state index >= 15 is 0 Å². The summed E-state index contributed by atoms with van der Waals surface area (Å²) >= 11 is 0. The van der Waals surface area contributed by atoms with Crippen molar-refractivity contribution in [2.24, 2.45) is 0 Å². The summed E-state index contributed by atoms with van der Waals surface area (Å²) < 4.78 is 25.6. The van der Waals surface area contributed by atoms with Gasteiger partial charge in [-0.15, -0.1) is 0 Å². The Kier molecular flexibility index (Phi) is 50.6. The molecule has 0 aromatic rings. The van der Waals surface area contributed by atoms with Crippen LogP contribution in [-0.4, -0.2) is 27.5 Å². The second-order valence-electron chi connectivity index (χ2n) is 0.750. The minimum atomic E-state index is -3.63. The Morgan fingerprint density at radius 1 is 0.500 bits per heavy atom. The van der Waals surface area contributed by atoms with E-state index in [0.29, 0.717) is 0 Å². The van der Waals surface area contributed by atoms with E-state index in [2.05, 4.69) is 0 Å². The molecule has 0 heterocycles. The van der Waals surface area contributed by atoms with Gasteiger partial charge in [0.1, 0.15) is 0 Å². The zero-order valence-electron chi connectivity index (χ0n) is 5.88. The van der Waals surface area contributed by atoms with Gasteiger partial charge in [0, 0.05) is 27.5 Å². The maximum Gasteiger partial charge on any atom is 3.00 e. The van der Waals surface area contributed by atoms with E-state index in [4.69, 9.17) is 42.2 Å². The Hall–Kier alpha value is 1.50. The van der Waals surface area contributed by atoms with Crippen molar-refractivity contribution in [1.29, 1.82) is 0 Å². The van der Waals surface area contributed by atoms with Gasteiger partial charge in [-0.1, -0.05) is 0 Å². The van der Waals surface area contributed by atoms with Crippen LogP contribution in [0.3, 0.4) is 0 Å². The molecule has 0 atom stereocenters. The minimum absolute atomic E-state index is 0. The monoisotopic (exact) mass is 544 g/mol. The van der Waals surface area contributed by atoms with Gasteiger partial charge in [0.2, 0.25) is 0 Å². The molecule has 0 fully saturated rings. The number of hydrogen-bond donors (Lipinski definition) is 0. The third-order valence-corrected chi connectivity index (χ3v) is 0. The average Bonchev–Trinajstić information content (AvgIpc) is 1.54. The summed E-state index contributed by atoms with van der Waals surface area (Å²) in [5.74, 6) is 0. The molecule has 0 aromatic carbocycles. The third-order valence-electron chi connectivity index (χ3n) is 0. The van der Waals surface area contributed by atoms with Crippen LogP contribution < -0.4 is 28.8 Å². The summed E-state index contributed by atoms with van der Waals surface area (Å²) in [5.41, 5.74) is 0. The predicted octanol–water partition coefficient (Wildman–Crippen LogP) is -8.63. The van der Waals surface area contributed by atoms with Gasteiger partial charge in [-0.25, -0.2) is 0 Å². The summed E-state index contributed by atoms with van der Waals surface area (Å²) in [6.07, 6.45) is 0. The van der Waals surface area contributed by atoms with Crippen LogP contribution in [0.2, 0.25) is 0 Å². The molecule has 0 amide bonds. The van der Waals surface area contributed by atoms with Crippen molar-refractivity contribution >= 4 is 27.5 Å². The molecule has 0 bridgehead atoms. The smallest absolute Gasteiger partial charge is 0.672 e. The molecular weight excluding hydrogens is 543 g/mol. The fourth-order valence-corrected chi connectivity index (χ4v) is 0. The van der Waals surface area contributed by atoms with Gasteiger partial charge < -0.3 is 42.2 Å². The largest absolute Gasteiger partial charge is 3.00 e. The van der Waals surface area contributed by atoms with E-state index in [1.54, 1.807) is 0 Å². The Bertz CT molecular complexity index is 116. The molecule has 0 rings (SSSR count). The summed E-state index contributed by atoms with van der Waals surface area (Å²) in [6.45, 7) is 0. The van der Waals surface area contributed by atoms with Gasteiger partial charge in [0.05, 0.1) is 0 Å². The van der Waals surface area contributed by atoms with E-state index in [1.165, 1.54) is 0 Å². The van der Waals surface area contributed by atoms with E-state index in [9.17, 15) is 0 Å². The molecule has 2 radical (unpaired) electrons. The van der Waals surface area contributed by atoms with Crippen molar-refractivity contribution in [3.05, 3.63) is 0 Å². The molecule has 0 aromatic heterocycles. The quantitative estimate of drug-likeness (QED) is 0.268. The van der Waals surface area contributed by atoms with E-state index in [-0.39, 0.29) is 79.9 Å². The van der Waals surface area contributed by atoms with E-state index in [1.807, 2.05) is 0 Å². The van der Waals surface area contributed by atoms with Gasteiger partial charge in [0.15, 0.2) is 0 Å². The van der Waals surface area contributed by atoms with E-state index in [0.717, 1.165) is 0 Å². The molecule has 0 spiro atoms. The summed E-state index contributed by atoms with van der Waals surface area (Å²) in [5, 5.41) is 0. The molecule has 0 unspecified atom stereocenters. The molecule has 0 aliphatic rings. The Labute approximate surface area is 147 Å². The van der Waals surface area contributed by atoms with Gasteiger partial charge in [-0.3, -0.25) is 0 Å². The molecule has 9 nitrogen and oxygen atoms in total. The van der Waals surface area contributed by atoms with E-state index < -0.39 is 27.5 Å². The molecule has 0 N–H and O–H groups in total. The van der Waals surface area contributed by atoms with Crippen molar-refractivity contribution < 1.29 is 122 Å². The molecule has 14 heavy (non-hydrogen) atoms. The fraction of sp³-hybridized carbons (Fsp3) is 0. The normalized spacial score (nSPS) is 5.14. The number of rotatable bonds is 0. The zero-order chi connectivity index (χ0) is 10.7. The first-order valence-electron chi connectivity index (χ1n) is 1.84. The van der Waals surface area contributed by atoms with Crippen molar-refractivity contribution in [3.63, 3.8) is 0 Å². The standard InChI is InChI=1S/2Gd.3O3Si/c;;3*1-4(2)3/q2*+3;3*-2. The predicted molar refractivity (Wildman–Crippen MR) is 19.3 cm³/mol. The van der Waals surface area contributed by atoms with Crippen LogP contribution in [-0.2, 0) is 13.4 Å². The Morgan fingerprint density at radius 3 is 0.500 bits per heavy atom. The van der Waals surface area contributed by atoms with Crippen LogP contribution >= 0.6 is 0 Å². The second kappa shape index (κ2) is 24.0. The van der Waals surface area contributed by atoms with Crippen molar-refractivity contribution in [2.75, 3.05) is 0 Å². The van der Waals surface area contributed by atoms with Crippen molar-refractivity contribution in [1.82, 2.24) is 0 Å². The van der Waals surface area contributed by atoms with Gasteiger partial charge in [-0.05, 0) is 0 Å². The maximum absolute atomic E-state index is 8.52. The topological polar surface area (TPSA) is 190 Å². The minimum Gasteiger partial charge on any atom is -0.672 e. The average molecular weight is 543 g/mol. The Balaban J connectivity index is -0.0000000270. The third kappa shape index (κ3) is 938. The first kappa shape index (κ1) is 29.6. The molecular formula is Gd2O9Si3. The van der Waals surface area contributed by atoms with Crippen LogP contribution in [0.1, 0.15) is 0 Å². The van der Waals surface area contributed by atoms with Gasteiger partial charge in [0.25, 0.3) is 0 Å². The van der Waals surface area contributed by atoms with Crippen LogP contribution in [0.5, 0.6) is 0 Å². The molecule has 0 aliphatic carbocycles. The maximum atomic E-state index is 8.52. The fourth-order valence-electron chi connectivity index (χ4n) is 0. The molecule has 0 saturated heterocycles. The van der Waals surface area contributed by atoms with Crippen molar-refractivity contribution in [2.45, 2.75) is 0 Å². The Morgan fingerprint density at radius 2 is 0.500 bits per heavy atom. The van der Waals surface area contributed by atoms with Crippen LogP contribution in [0, 0.1) is 79.9 Å². The summed E-state index contributed by atoms with van der Waals surface area (Å²) in [6, 6.07) is 0. The van der Waals surface area contributed by atoms with Crippen LogP contribution in [0.25, 0.3) is 0 Å². The SMILES string of the molecule is O=[Si]([O-])[O-].O=[Si]([O-])[O-].O=[Si]([O-])[O-].[Gd+3].[Gd+3]. The summed E-state index contributed by atoms with van der Waals surface area (Å²) in [7, 11) is -10.9. The second-order valence-corrected chi connectivity index (χ2v) is 2.25. The van der Waals surface area contributed by atoms with Crippen LogP contribution in [0.15, 0.2) is 0 Å². The molecule has 82 valence electrons.